The summed E-state index contributed by atoms with van der Waals surface area (Å²) in [6, 6.07) is 7.16. The molecule has 0 unspecified atom stereocenters. The summed E-state index contributed by atoms with van der Waals surface area (Å²) in [4.78, 5) is 48.5. The molecule has 1 atom stereocenters. The van der Waals surface area contributed by atoms with Gasteiger partial charge in [0.25, 0.3) is 11.6 Å². The lowest BCUT2D eigenvalue weighted by Gasteiger charge is -2.21. The number of hydrogen-bond donors (Lipinski definition) is 3. The van der Waals surface area contributed by atoms with Crippen molar-refractivity contribution in [3.63, 3.8) is 0 Å². The van der Waals surface area contributed by atoms with Gasteiger partial charge in [0.2, 0.25) is 5.91 Å². The highest BCUT2D eigenvalue weighted by molar-refractivity contribution is 6.34. The number of nitrogens with one attached hydrogen (secondary N) is 3. The van der Waals surface area contributed by atoms with Gasteiger partial charge >= 0.3 is 6.09 Å². The Balaban J connectivity index is 2.12. The van der Waals surface area contributed by atoms with E-state index in [1.807, 2.05) is 13.8 Å². The second-order valence-electron chi connectivity index (χ2n) is 9.98. The lowest BCUT2D eigenvalue weighted by Crippen LogP contribution is -2.44. The van der Waals surface area contributed by atoms with Crippen molar-refractivity contribution in [1.82, 2.24) is 10.6 Å². The molecule has 0 aromatic heterocycles. The lowest BCUT2D eigenvalue weighted by atomic mass is 10.0. The monoisotopic (exact) mass is 582 g/mol. The maximum absolute atomic E-state index is 13.2. The number of benzene rings is 2. The molecule has 11 nitrogen and oxygen atoms in total. The second-order valence-corrected chi connectivity index (χ2v) is 10.8. The molecule has 0 aliphatic rings. The van der Waals surface area contributed by atoms with E-state index in [1.165, 1.54) is 24.3 Å². The third-order valence-electron chi connectivity index (χ3n) is 4.96. The third-order valence-corrected chi connectivity index (χ3v) is 5.51. The molecule has 0 bridgehead atoms. The number of nitro benzene ring substituents is 1. The number of carbonyl (C=O) groups is 3. The van der Waals surface area contributed by atoms with Crippen LogP contribution in [0.25, 0.3) is 0 Å². The smallest absolute Gasteiger partial charge is 0.407 e. The molecule has 0 aliphatic carbocycles. The molecular weight excluding hydrogens is 551 g/mol. The van der Waals surface area contributed by atoms with Crippen LogP contribution in [0.5, 0.6) is 5.75 Å². The van der Waals surface area contributed by atoms with Crippen LogP contribution in [0.2, 0.25) is 10.0 Å². The molecule has 0 fully saturated rings. The summed E-state index contributed by atoms with van der Waals surface area (Å²) in [5.74, 6) is -0.936. The molecule has 3 amide bonds. The van der Waals surface area contributed by atoms with Crippen LogP contribution in [0, 0.1) is 16.0 Å². The van der Waals surface area contributed by atoms with Gasteiger partial charge in [0.15, 0.2) is 0 Å². The minimum Gasteiger partial charge on any atom is -0.491 e. The molecule has 0 saturated heterocycles. The number of hydrogen-bond acceptors (Lipinski definition) is 7. The van der Waals surface area contributed by atoms with Gasteiger partial charge < -0.3 is 25.4 Å². The van der Waals surface area contributed by atoms with Crippen molar-refractivity contribution >= 4 is 52.5 Å². The number of alkyl carbamates (subject to hydrolysis) is 1. The van der Waals surface area contributed by atoms with Gasteiger partial charge in [-0.25, -0.2) is 4.79 Å². The number of halogens is 2. The van der Waals surface area contributed by atoms with E-state index in [4.69, 9.17) is 32.7 Å². The van der Waals surface area contributed by atoms with Crippen LogP contribution in [-0.4, -0.2) is 47.6 Å². The highest BCUT2D eigenvalue weighted by Crippen LogP contribution is 2.27. The number of ether oxygens (including phenoxy) is 2. The zero-order chi connectivity index (χ0) is 29.3. The number of anilines is 1. The number of rotatable bonds is 11. The molecule has 2 rings (SSSR count). The highest BCUT2D eigenvalue weighted by atomic mass is 35.5. The average Bonchev–Trinajstić information content (AvgIpc) is 2.81. The SMILES string of the molecule is CC(C)C[C@H](NC(=O)c1cc(Cl)ccc1OCCNC(=O)OC(C)(C)C)C(=O)Nc1ccc([N+](=O)[O-])cc1Cl. The van der Waals surface area contributed by atoms with Crippen molar-refractivity contribution < 1.29 is 28.8 Å². The first-order chi connectivity index (χ1) is 18.2. The van der Waals surface area contributed by atoms with Gasteiger partial charge in [-0.15, -0.1) is 0 Å². The summed E-state index contributed by atoms with van der Waals surface area (Å²) in [6.45, 7) is 9.16. The van der Waals surface area contributed by atoms with Crippen LogP contribution in [0.3, 0.4) is 0 Å². The highest BCUT2D eigenvalue weighted by Gasteiger charge is 2.25. The third kappa shape index (κ3) is 10.6. The molecule has 3 N–H and O–H groups in total. The standard InChI is InChI=1S/C26H32Cl2N4O7/c1-15(2)12-21(24(34)30-20-8-7-17(32(36)37)14-19(20)28)31-23(33)18-13-16(27)6-9-22(18)38-11-10-29-25(35)39-26(3,4)5/h6-9,13-15,21H,10-12H2,1-5H3,(H,29,35)(H,30,34)(H,31,33)/t21-/m0/s1. The first kappa shape index (κ1) is 31.6. The molecule has 0 aliphatic heterocycles. The number of nitro groups is 1. The van der Waals surface area contributed by atoms with Crippen molar-refractivity contribution in [1.29, 1.82) is 0 Å². The molecule has 2 aromatic carbocycles. The van der Waals surface area contributed by atoms with E-state index in [0.717, 1.165) is 6.07 Å². The first-order valence-corrected chi connectivity index (χ1v) is 12.9. The van der Waals surface area contributed by atoms with E-state index in [9.17, 15) is 24.5 Å². The van der Waals surface area contributed by atoms with Crippen LogP contribution in [-0.2, 0) is 9.53 Å². The van der Waals surface area contributed by atoms with E-state index >= 15 is 0 Å². The van der Waals surface area contributed by atoms with Crippen molar-refractivity contribution in [2.24, 2.45) is 5.92 Å². The summed E-state index contributed by atoms with van der Waals surface area (Å²) in [6.07, 6.45) is -0.311. The molecule has 0 spiro atoms. The zero-order valence-corrected chi connectivity index (χ0v) is 23.8. The van der Waals surface area contributed by atoms with Gasteiger partial charge in [-0.2, -0.15) is 0 Å². The Morgan fingerprint density at radius 1 is 1.08 bits per heavy atom. The lowest BCUT2D eigenvalue weighted by molar-refractivity contribution is -0.384. The van der Waals surface area contributed by atoms with Gasteiger partial charge in [-0.3, -0.25) is 19.7 Å². The van der Waals surface area contributed by atoms with E-state index in [1.54, 1.807) is 26.8 Å². The van der Waals surface area contributed by atoms with Crippen LogP contribution < -0.4 is 20.7 Å². The Labute approximate surface area is 236 Å². The van der Waals surface area contributed by atoms with E-state index in [-0.39, 0.29) is 51.8 Å². The van der Waals surface area contributed by atoms with Gasteiger partial charge in [0.1, 0.15) is 24.0 Å². The predicted octanol–water partition coefficient (Wildman–Crippen LogP) is 5.59. The summed E-state index contributed by atoms with van der Waals surface area (Å²) in [7, 11) is 0. The molecule has 212 valence electrons. The molecule has 2 aromatic rings. The van der Waals surface area contributed by atoms with Crippen LogP contribution >= 0.6 is 23.2 Å². The number of carbonyl (C=O) groups excluding carboxylic acids is 3. The Hall–Kier alpha value is -3.57. The second kappa shape index (κ2) is 14.0. The van der Waals surface area contributed by atoms with E-state index in [0.29, 0.717) is 6.42 Å². The zero-order valence-electron chi connectivity index (χ0n) is 22.3. The van der Waals surface area contributed by atoms with Crippen LogP contribution in [0.1, 0.15) is 51.4 Å². The fraction of sp³-hybridized carbons (Fsp3) is 0.423. The topological polar surface area (TPSA) is 149 Å². The van der Waals surface area contributed by atoms with Gasteiger partial charge in [-0.1, -0.05) is 37.0 Å². The largest absolute Gasteiger partial charge is 0.491 e. The number of amides is 3. The molecular formula is C26H32Cl2N4O7. The fourth-order valence-electron chi connectivity index (χ4n) is 3.31. The Morgan fingerprint density at radius 2 is 1.77 bits per heavy atom. The first-order valence-electron chi connectivity index (χ1n) is 12.1. The Bertz CT molecular complexity index is 1220. The van der Waals surface area contributed by atoms with Crippen molar-refractivity contribution in [3.8, 4) is 5.75 Å². The van der Waals surface area contributed by atoms with E-state index in [2.05, 4.69) is 16.0 Å². The maximum atomic E-state index is 13.2. The normalized spacial score (nSPS) is 11.9. The Kier molecular flexibility index (Phi) is 11.4. The summed E-state index contributed by atoms with van der Waals surface area (Å²) in [5.41, 5.74) is -0.608. The van der Waals surface area contributed by atoms with Crippen molar-refractivity contribution in [2.45, 2.75) is 52.7 Å². The summed E-state index contributed by atoms with van der Waals surface area (Å²) in [5, 5.41) is 19.1. The van der Waals surface area contributed by atoms with Crippen molar-refractivity contribution in [2.75, 3.05) is 18.5 Å². The molecule has 13 heteroatoms. The average molecular weight is 583 g/mol. The molecule has 0 heterocycles. The quantitative estimate of drug-likeness (QED) is 0.177. The summed E-state index contributed by atoms with van der Waals surface area (Å²) < 4.78 is 10.9. The molecule has 0 radical (unpaired) electrons. The summed E-state index contributed by atoms with van der Waals surface area (Å²) >= 11 is 12.2. The number of nitrogens with zero attached hydrogens (tertiary/aromatic N) is 1. The molecule has 0 saturated carbocycles. The minimum atomic E-state index is -0.968. The minimum absolute atomic E-state index is 0.0160. The molecule has 39 heavy (non-hydrogen) atoms. The van der Waals surface area contributed by atoms with E-state index < -0.39 is 34.5 Å². The Morgan fingerprint density at radius 3 is 2.36 bits per heavy atom. The fourth-order valence-corrected chi connectivity index (χ4v) is 3.71. The van der Waals surface area contributed by atoms with Crippen LogP contribution in [0.4, 0.5) is 16.2 Å². The predicted molar refractivity (Wildman–Crippen MR) is 149 cm³/mol. The maximum Gasteiger partial charge on any atom is 0.407 e. The van der Waals surface area contributed by atoms with Crippen molar-refractivity contribution in [3.05, 3.63) is 62.1 Å². The van der Waals surface area contributed by atoms with Gasteiger partial charge in [0.05, 0.1) is 27.7 Å². The van der Waals surface area contributed by atoms with Gasteiger partial charge in [0, 0.05) is 17.2 Å². The number of non-ortho nitro benzene ring substituents is 1. The van der Waals surface area contributed by atoms with Gasteiger partial charge in [-0.05, 0) is 57.4 Å². The van der Waals surface area contributed by atoms with Crippen LogP contribution in [0.15, 0.2) is 36.4 Å².